The molecule has 4 atom stereocenters. The molecule has 1 aliphatic heterocycles. The minimum absolute atomic E-state index is 0.0578. The van der Waals surface area contributed by atoms with Gasteiger partial charge in [0, 0.05) is 17.8 Å². The fraction of sp³-hybridized carbons (Fsp3) is 0.400. The highest BCUT2D eigenvalue weighted by Crippen LogP contribution is 2.66. The number of rotatable bonds is 8. The van der Waals surface area contributed by atoms with E-state index in [1.165, 1.54) is 6.92 Å². The summed E-state index contributed by atoms with van der Waals surface area (Å²) < 4.78 is 65.1. The zero-order valence-corrected chi connectivity index (χ0v) is 16.8. The lowest BCUT2D eigenvalue weighted by atomic mass is 10.3. The monoisotopic (exact) mass is 482 g/mol. The molecule has 2 unspecified atom stereocenters. The van der Waals surface area contributed by atoms with Gasteiger partial charge in [-0.25, -0.2) is 22.6 Å². The molecule has 2 rings (SSSR count). The second-order valence-electron chi connectivity index (χ2n) is 5.44. The van der Waals surface area contributed by atoms with Crippen LogP contribution in [0.15, 0.2) is 27.7 Å². The molecule has 0 radical (unpaired) electrons. The summed E-state index contributed by atoms with van der Waals surface area (Å²) in [7, 11) is -16.3. The summed E-state index contributed by atoms with van der Waals surface area (Å²) in [6.45, 7) is 1.34. The summed E-state index contributed by atoms with van der Waals surface area (Å²) >= 11 is 0. The highest BCUT2D eigenvalue weighted by Gasteiger charge is 2.40. The van der Waals surface area contributed by atoms with Gasteiger partial charge in [-0.15, -0.1) is 0 Å². The van der Waals surface area contributed by atoms with Gasteiger partial charge in [0.05, 0.1) is 0 Å². The highest BCUT2D eigenvalue weighted by molar-refractivity contribution is 7.68. The number of aromatic amines is 1. The van der Waals surface area contributed by atoms with Crippen LogP contribution in [-0.2, 0) is 31.8 Å². The minimum atomic E-state index is -5.65. The Balaban J connectivity index is 2.04. The maximum Gasteiger partial charge on any atom is 0.488 e. The Morgan fingerprint density at radius 2 is 1.83 bits per heavy atom. The second-order valence-corrected chi connectivity index (χ2v) is 10.2. The Morgan fingerprint density at radius 3 is 2.41 bits per heavy atom. The van der Waals surface area contributed by atoms with Crippen molar-refractivity contribution in [2.75, 3.05) is 6.35 Å². The van der Waals surface area contributed by atoms with E-state index < -0.39 is 59.2 Å². The van der Waals surface area contributed by atoms with Gasteiger partial charge in [0.25, 0.3) is 5.56 Å². The van der Waals surface area contributed by atoms with Gasteiger partial charge in [-0.2, -0.15) is 4.31 Å². The zero-order chi connectivity index (χ0) is 22.2. The summed E-state index contributed by atoms with van der Waals surface area (Å²) in [6.07, 6.45) is -3.07. The second kappa shape index (κ2) is 8.46. The van der Waals surface area contributed by atoms with Crippen molar-refractivity contribution in [2.24, 2.45) is 0 Å². The normalized spacial score (nSPS) is 24.0. The highest BCUT2D eigenvalue weighted by atomic mass is 31.3. The average Bonchev–Trinajstić information content (AvgIpc) is 2.86. The van der Waals surface area contributed by atoms with Crippen LogP contribution in [0.4, 0.5) is 4.39 Å². The van der Waals surface area contributed by atoms with E-state index in [0.717, 1.165) is 6.20 Å². The molecule has 0 spiro atoms. The predicted octanol–water partition coefficient (Wildman–Crippen LogP) is -0.0609. The summed E-state index contributed by atoms with van der Waals surface area (Å²) in [5, 5.41) is 0. The van der Waals surface area contributed by atoms with Gasteiger partial charge in [0.15, 0.2) is 24.7 Å². The Labute approximate surface area is 159 Å². The number of nitrogens with zero attached hydrogens (tertiary/aromatic N) is 1. The van der Waals surface area contributed by atoms with Crippen LogP contribution in [0.1, 0.15) is 11.8 Å². The van der Waals surface area contributed by atoms with Crippen molar-refractivity contribution in [1.29, 1.82) is 0 Å². The van der Waals surface area contributed by atoms with E-state index in [4.69, 9.17) is 24.2 Å². The molecule has 0 aliphatic carbocycles. The predicted molar refractivity (Wildman–Crippen MR) is 89.0 cm³/mol. The fourth-order valence-electron chi connectivity index (χ4n) is 1.99. The fourth-order valence-corrected chi connectivity index (χ4v) is 5.27. The van der Waals surface area contributed by atoms with Gasteiger partial charge in [0.1, 0.15) is 0 Å². The molecule has 0 saturated carbocycles. The number of ether oxygens (including phenoxy) is 2. The van der Waals surface area contributed by atoms with E-state index in [2.05, 4.69) is 8.62 Å². The Kier molecular flexibility index (Phi) is 7.00. The molecule has 0 bridgehead atoms. The van der Waals surface area contributed by atoms with Crippen LogP contribution in [0.25, 0.3) is 0 Å². The SMILES string of the molecule is Cc1cn([C@@H]2O[C@H](OCP(=O)(O)OP(=O)(O)OP(=O)(O)O)C=C2F)c(=O)[nH]c1=O. The van der Waals surface area contributed by atoms with Crippen LogP contribution < -0.4 is 11.2 Å². The van der Waals surface area contributed by atoms with Crippen molar-refractivity contribution in [2.45, 2.75) is 19.4 Å². The standard InChI is InChI=1S/C10H14FN2O13P3/c1-5-3-13(10(15)12-8(5)14)9-6(11)2-7(24-9)23-4-27(16,17)25-29(21,22)26-28(18,19)20/h2-3,7,9H,4H2,1H3,(H,16,17)(H,21,22)(H,12,14,15)(H2,18,19,20)/t7-,9+/m0/s1. The van der Waals surface area contributed by atoms with Crippen molar-refractivity contribution in [3.05, 3.63) is 44.5 Å². The number of aromatic nitrogens is 2. The first-order chi connectivity index (χ1) is 13.1. The lowest BCUT2D eigenvalue weighted by molar-refractivity contribution is -0.132. The molecule has 164 valence electrons. The summed E-state index contributed by atoms with van der Waals surface area (Å²) in [5.74, 6) is -1.06. The third kappa shape index (κ3) is 6.88. The zero-order valence-electron chi connectivity index (χ0n) is 14.1. The van der Waals surface area contributed by atoms with Crippen molar-refractivity contribution >= 4 is 23.2 Å². The van der Waals surface area contributed by atoms with Crippen LogP contribution in [0.3, 0.4) is 0 Å². The van der Waals surface area contributed by atoms with Gasteiger partial charge in [0.2, 0.25) is 0 Å². The first-order valence-corrected chi connectivity index (χ1v) is 12.0. The molecule has 1 aromatic rings. The summed E-state index contributed by atoms with van der Waals surface area (Å²) in [6, 6.07) is 0. The van der Waals surface area contributed by atoms with Crippen molar-refractivity contribution in [3.63, 3.8) is 0 Å². The van der Waals surface area contributed by atoms with Crippen LogP contribution in [-0.4, -0.2) is 41.8 Å². The van der Waals surface area contributed by atoms with E-state index in [-0.39, 0.29) is 5.56 Å². The lowest BCUT2D eigenvalue weighted by Gasteiger charge is -2.19. The van der Waals surface area contributed by atoms with Gasteiger partial charge in [-0.1, -0.05) is 0 Å². The number of aryl methyl sites for hydroxylation is 1. The van der Waals surface area contributed by atoms with Gasteiger partial charge >= 0.3 is 28.9 Å². The molecule has 29 heavy (non-hydrogen) atoms. The van der Waals surface area contributed by atoms with Gasteiger partial charge < -0.3 is 29.0 Å². The van der Waals surface area contributed by atoms with E-state index in [9.17, 15) is 32.6 Å². The Morgan fingerprint density at radius 1 is 1.21 bits per heavy atom. The minimum Gasteiger partial charge on any atom is -0.336 e. The molecule has 2 heterocycles. The molecule has 15 nitrogen and oxygen atoms in total. The van der Waals surface area contributed by atoms with Gasteiger partial charge in [-0.05, 0) is 6.92 Å². The first kappa shape index (κ1) is 24.0. The van der Waals surface area contributed by atoms with E-state index >= 15 is 0 Å². The topological polar surface area (TPSA) is 224 Å². The number of H-pyrrole nitrogens is 1. The van der Waals surface area contributed by atoms with Gasteiger partial charge in [-0.3, -0.25) is 18.9 Å². The molecule has 1 aromatic heterocycles. The molecular formula is C10H14FN2O13P3. The molecular weight excluding hydrogens is 468 g/mol. The quantitative estimate of drug-likeness (QED) is 0.307. The van der Waals surface area contributed by atoms with E-state index in [0.29, 0.717) is 10.6 Å². The van der Waals surface area contributed by atoms with Crippen LogP contribution >= 0.6 is 23.2 Å². The molecule has 1 aliphatic rings. The van der Waals surface area contributed by atoms with Crippen molar-refractivity contribution in [1.82, 2.24) is 9.55 Å². The Bertz CT molecular complexity index is 1070. The lowest BCUT2D eigenvalue weighted by Crippen LogP contribution is -2.34. The number of hydrogen-bond acceptors (Lipinski definition) is 9. The molecule has 0 fully saturated rings. The smallest absolute Gasteiger partial charge is 0.336 e. The summed E-state index contributed by atoms with van der Waals surface area (Å²) in [4.78, 5) is 60.4. The number of nitrogens with one attached hydrogen (secondary N) is 1. The third-order valence-electron chi connectivity index (χ3n) is 3.04. The van der Waals surface area contributed by atoms with Crippen molar-refractivity contribution < 1.29 is 55.8 Å². The Hall–Kier alpha value is -1.28. The largest absolute Gasteiger partial charge is 0.488 e. The van der Waals surface area contributed by atoms with E-state index in [1.807, 2.05) is 4.98 Å². The summed E-state index contributed by atoms with van der Waals surface area (Å²) in [5.41, 5.74) is -1.66. The maximum atomic E-state index is 14.1. The van der Waals surface area contributed by atoms with E-state index in [1.54, 1.807) is 0 Å². The first-order valence-electron chi connectivity index (χ1n) is 7.18. The van der Waals surface area contributed by atoms with Crippen molar-refractivity contribution in [3.8, 4) is 0 Å². The number of phosphoric acid groups is 2. The number of halogens is 1. The molecule has 0 saturated heterocycles. The van der Waals surface area contributed by atoms with Crippen LogP contribution in [0, 0.1) is 6.92 Å². The third-order valence-corrected chi connectivity index (χ3v) is 7.03. The van der Waals surface area contributed by atoms with Crippen LogP contribution in [0.5, 0.6) is 0 Å². The molecule has 0 aromatic carbocycles. The number of hydrogen-bond donors (Lipinski definition) is 5. The maximum absolute atomic E-state index is 14.1. The van der Waals surface area contributed by atoms with Crippen LogP contribution in [0.2, 0.25) is 0 Å². The molecule has 19 heteroatoms. The molecule has 5 N–H and O–H groups in total. The molecule has 0 amide bonds. The average molecular weight is 482 g/mol.